The summed E-state index contributed by atoms with van der Waals surface area (Å²) < 4.78 is 63.9. The Morgan fingerprint density at radius 2 is 1.79 bits per heavy atom. The van der Waals surface area contributed by atoms with Crippen molar-refractivity contribution >= 4 is 32.9 Å². The molecule has 1 unspecified atom stereocenters. The number of anilines is 3. The minimum atomic E-state index is -4.53. The predicted octanol–water partition coefficient (Wildman–Crippen LogP) is 4.95. The molecule has 0 saturated heterocycles. The van der Waals surface area contributed by atoms with Crippen LogP contribution in [0.25, 0.3) is 5.65 Å². The van der Waals surface area contributed by atoms with Crippen LogP contribution in [0.5, 0.6) is 0 Å². The van der Waals surface area contributed by atoms with Crippen molar-refractivity contribution in [2.75, 3.05) is 10.6 Å². The van der Waals surface area contributed by atoms with Gasteiger partial charge >= 0.3 is 6.18 Å². The zero-order valence-electron chi connectivity index (χ0n) is 21.9. The maximum atomic E-state index is 13.0. The SMILES string of the molecule is Cc1ccc(C(O)Nc2cc(C(F)(F)F)ccn2)cc1C#Cc1cnc2c(Nc3ccc(S(N)(=O)=O)cc3)cccn12. The molecule has 0 aliphatic heterocycles. The van der Waals surface area contributed by atoms with Crippen molar-refractivity contribution in [2.24, 2.45) is 5.14 Å². The summed E-state index contributed by atoms with van der Waals surface area (Å²) in [5, 5.41) is 21.6. The first-order chi connectivity index (χ1) is 19.9. The number of pyridine rings is 2. The molecular weight excluding hydrogens is 569 g/mol. The number of alkyl halides is 3. The summed E-state index contributed by atoms with van der Waals surface area (Å²) in [6.07, 6.45) is -1.45. The Morgan fingerprint density at radius 3 is 2.50 bits per heavy atom. The van der Waals surface area contributed by atoms with Gasteiger partial charge in [0, 0.05) is 29.2 Å². The van der Waals surface area contributed by atoms with Crippen LogP contribution in [0.15, 0.2) is 90.2 Å². The van der Waals surface area contributed by atoms with Gasteiger partial charge in [0.05, 0.1) is 22.3 Å². The van der Waals surface area contributed by atoms with Crippen molar-refractivity contribution in [3.05, 3.63) is 113 Å². The van der Waals surface area contributed by atoms with Crippen LogP contribution in [0.4, 0.5) is 30.4 Å². The van der Waals surface area contributed by atoms with Gasteiger partial charge in [-0.3, -0.25) is 4.40 Å². The van der Waals surface area contributed by atoms with Crippen molar-refractivity contribution in [3.63, 3.8) is 0 Å². The lowest BCUT2D eigenvalue weighted by Crippen LogP contribution is -2.13. The van der Waals surface area contributed by atoms with Crippen LogP contribution in [0.1, 0.15) is 34.2 Å². The molecule has 0 aliphatic carbocycles. The highest BCUT2D eigenvalue weighted by Gasteiger charge is 2.30. The van der Waals surface area contributed by atoms with E-state index in [0.29, 0.717) is 33.8 Å². The first kappa shape index (κ1) is 28.6. The first-order valence-corrected chi connectivity index (χ1v) is 13.9. The number of aromatic nitrogens is 3. The number of primary sulfonamides is 1. The van der Waals surface area contributed by atoms with E-state index in [4.69, 9.17) is 5.14 Å². The number of nitrogens with zero attached hydrogens (tertiary/aromatic N) is 3. The molecule has 13 heteroatoms. The Kier molecular flexibility index (Phi) is 7.61. The van der Waals surface area contributed by atoms with Crippen LogP contribution >= 0.6 is 0 Å². The molecule has 1 atom stereocenters. The fraction of sp³-hybridized carbons (Fsp3) is 0.103. The molecule has 2 aromatic carbocycles. The quantitative estimate of drug-likeness (QED) is 0.162. The van der Waals surface area contributed by atoms with E-state index in [1.54, 1.807) is 53.2 Å². The largest absolute Gasteiger partial charge is 0.416 e. The molecule has 9 nitrogen and oxygen atoms in total. The van der Waals surface area contributed by atoms with Crippen molar-refractivity contribution in [1.29, 1.82) is 0 Å². The third-order valence-corrected chi connectivity index (χ3v) is 7.20. The lowest BCUT2D eigenvalue weighted by Gasteiger charge is -2.16. The van der Waals surface area contributed by atoms with Crippen molar-refractivity contribution < 1.29 is 26.7 Å². The molecule has 0 saturated carbocycles. The number of nitrogens with two attached hydrogens (primary N) is 1. The summed E-state index contributed by atoms with van der Waals surface area (Å²) >= 11 is 0. The number of sulfonamides is 1. The van der Waals surface area contributed by atoms with Crippen LogP contribution < -0.4 is 15.8 Å². The number of hydrogen-bond acceptors (Lipinski definition) is 7. The standard InChI is InChI=1S/C29H23F3N6O3S/c1-18-4-5-20(28(39)37-26-16-21(12-13-34-26)29(30,31)32)15-19(18)6-9-23-17-35-27-25(3-2-14-38(23)27)36-22-7-10-24(11-8-22)42(33,40)41/h2-5,7-8,10-17,28,36,39H,1H3,(H,34,37)(H2,33,40,41). The maximum absolute atomic E-state index is 13.0. The van der Waals surface area contributed by atoms with Gasteiger partial charge in [-0.1, -0.05) is 18.1 Å². The lowest BCUT2D eigenvalue weighted by molar-refractivity contribution is -0.137. The monoisotopic (exact) mass is 592 g/mol. The third kappa shape index (κ3) is 6.36. The van der Waals surface area contributed by atoms with Crippen LogP contribution in [0.2, 0.25) is 0 Å². The fourth-order valence-electron chi connectivity index (χ4n) is 4.07. The number of aryl methyl sites for hydroxylation is 1. The first-order valence-electron chi connectivity index (χ1n) is 12.3. The summed E-state index contributed by atoms with van der Waals surface area (Å²) in [5.74, 6) is 6.04. The van der Waals surface area contributed by atoms with Crippen molar-refractivity contribution in [1.82, 2.24) is 14.4 Å². The summed E-state index contributed by atoms with van der Waals surface area (Å²) in [6, 6.07) is 16.3. The summed E-state index contributed by atoms with van der Waals surface area (Å²) in [6.45, 7) is 1.85. The zero-order chi connectivity index (χ0) is 30.1. The molecule has 3 heterocycles. The second-order valence-corrected chi connectivity index (χ2v) is 10.8. The van der Waals surface area contributed by atoms with Crippen molar-refractivity contribution in [3.8, 4) is 11.8 Å². The van der Waals surface area contributed by atoms with Gasteiger partial charge in [-0.2, -0.15) is 13.2 Å². The van der Waals surface area contributed by atoms with Gasteiger partial charge < -0.3 is 15.7 Å². The lowest BCUT2D eigenvalue weighted by atomic mass is 10.0. The molecule has 0 amide bonds. The second-order valence-electron chi connectivity index (χ2n) is 9.25. The van der Waals surface area contributed by atoms with E-state index in [1.807, 2.05) is 13.0 Å². The molecule has 42 heavy (non-hydrogen) atoms. The van der Waals surface area contributed by atoms with Crippen LogP contribution in [0.3, 0.4) is 0 Å². The molecule has 0 spiro atoms. The molecule has 0 fully saturated rings. The number of aliphatic hydroxyl groups is 1. The topological polar surface area (TPSA) is 135 Å². The Morgan fingerprint density at radius 1 is 1.02 bits per heavy atom. The number of hydrogen-bond donors (Lipinski definition) is 4. The fourth-order valence-corrected chi connectivity index (χ4v) is 4.58. The Hall–Kier alpha value is -4.90. The van der Waals surface area contributed by atoms with Gasteiger partial charge in [-0.25, -0.2) is 23.5 Å². The molecule has 3 aromatic heterocycles. The number of imidazole rings is 1. The number of benzene rings is 2. The van der Waals surface area contributed by atoms with Gasteiger partial charge in [0.15, 0.2) is 11.9 Å². The molecule has 5 aromatic rings. The van der Waals surface area contributed by atoms with E-state index in [-0.39, 0.29) is 10.7 Å². The van der Waals surface area contributed by atoms with E-state index in [0.717, 1.165) is 23.9 Å². The number of rotatable bonds is 6. The average Bonchev–Trinajstić information content (AvgIpc) is 3.36. The van der Waals surface area contributed by atoms with Crippen molar-refractivity contribution in [2.45, 2.75) is 24.2 Å². The van der Waals surface area contributed by atoms with Gasteiger partial charge in [0.25, 0.3) is 0 Å². The molecule has 5 N–H and O–H groups in total. The molecule has 5 rings (SSSR count). The third-order valence-electron chi connectivity index (χ3n) is 6.27. The number of halogens is 3. The number of fused-ring (bicyclic) bond motifs is 1. The zero-order valence-corrected chi connectivity index (χ0v) is 22.7. The van der Waals surface area contributed by atoms with Gasteiger partial charge in [0.1, 0.15) is 11.5 Å². The van der Waals surface area contributed by atoms with Crippen LogP contribution in [0, 0.1) is 18.8 Å². The summed E-state index contributed by atoms with van der Waals surface area (Å²) in [7, 11) is -3.80. The highest BCUT2D eigenvalue weighted by Crippen LogP contribution is 2.30. The summed E-state index contributed by atoms with van der Waals surface area (Å²) in [5.41, 5.74) is 3.39. The Balaban J connectivity index is 1.37. The highest BCUT2D eigenvalue weighted by molar-refractivity contribution is 7.89. The number of aliphatic hydroxyl groups excluding tert-OH is 1. The van der Waals surface area contributed by atoms with E-state index >= 15 is 0 Å². The normalized spacial score (nSPS) is 12.4. The molecule has 0 radical (unpaired) electrons. The summed E-state index contributed by atoms with van der Waals surface area (Å²) in [4.78, 5) is 8.33. The minimum Gasteiger partial charge on any atom is -0.369 e. The van der Waals surface area contributed by atoms with E-state index in [2.05, 4.69) is 32.4 Å². The van der Waals surface area contributed by atoms with E-state index in [9.17, 15) is 26.7 Å². The molecule has 0 aliphatic rings. The highest BCUT2D eigenvalue weighted by atomic mass is 32.2. The van der Waals surface area contributed by atoms with E-state index in [1.165, 1.54) is 12.1 Å². The Labute approximate surface area is 238 Å². The van der Waals surface area contributed by atoms with Crippen LogP contribution in [-0.4, -0.2) is 27.9 Å². The van der Waals surface area contributed by atoms with E-state index < -0.39 is 28.0 Å². The average molecular weight is 593 g/mol. The molecule has 0 bridgehead atoms. The molecule has 214 valence electrons. The number of nitrogens with one attached hydrogen (secondary N) is 2. The maximum Gasteiger partial charge on any atom is 0.416 e. The van der Waals surface area contributed by atoms with Crippen LogP contribution in [-0.2, 0) is 16.2 Å². The smallest absolute Gasteiger partial charge is 0.369 e. The molecular formula is C29H23F3N6O3S. The van der Waals surface area contributed by atoms with Gasteiger partial charge in [0.2, 0.25) is 10.0 Å². The second kappa shape index (κ2) is 11.2. The predicted molar refractivity (Wildman–Crippen MR) is 151 cm³/mol. The van der Waals surface area contributed by atoms with Gasteiger partial charge in [-0.05, 0) is 73.0 Å². The van der Waals surface area contributed by atoms with Gasteiger partial charge in [-0.15, -0.1) is 0 Å². The minimum absolute atomic E-state index is 0.000354. The Bertz CT molecular complexity index is 1950.